The van der Waals surface area contributed by atoms with Crippen molar-refractivity contribution in [2.45, 2.75) is 114 Å². The van der Waals surface area contributed by atoms with Crippen LogP contribution in [0.5, 0.6) is 0 Å². The van der Waals surface area contributed by atoms with E-state index in [-0.39, 0.29) is 30.4 Å². The average molecular weight is 781 g/mol. The highest BCUT2D eigenvalue weighted by Gasteiger charge is 2.37. The Morgan fingerprint density at radius 2 is 1.69 bits per heavy atom. The lowest BCUT2D eigenvalue weighted by molar-refractivity contribution is -0.140. The molecule has 15 heteroatoms. The summed E-state index contributed by atoms with van der Waals surface area (Å²) in [6, 6.07) is 4.12. The number of hydrogen-bond acceptors (Lipinski definition) is 8. The number of piperidine rings is 3. The Hall–Kier alpha value is -2.88. The van der Waals surface area contributed by atoms with Crippen molar-refractivity contribution in [1.82, 2.24) is 29.4 Å². The highest BCUT2D eigenvalue weighted by molar-refractivity contribution is 7.99. The molecule has 1 N–H and O–H groups in total. The van der Waals surface area contributed by atoms with Crippen molar-refractivity contribution in [2.75, 3.05) is 64.7 Å². The van der Waals surface area contributed by atoms with E-state index in [0.29, 0.717) is 88.4 Å². The third kappa shape index (κ3) is 10.5. The van der Waals surface area contributed by atoms with Gasteiger partial charge >= 0.3 is 12.3 Å². The number of hydrogen-bond donors (Lipinski definition) is 1. The number of carbonyl (C=O) groups excluding carboxylic acids is 2. The van der Waals surface area contributed by atoms with Crippen LogP contribution in [0, 0.1) is 5.92 Å². The maximum Gasteiger partial charge on any atom is 0.417 e. The number of likely N-dealkylation sites (tertiary alicyclic amines) is 3. The smallest absolute Gasteiger partial charge is 0.417 e. The zero-order valence-corrected chi connectivity index (χ0v) is 32.7. The lowest BCUT2D eigenvalue weighted by Crippen LogP contribution is -2.49. The van der Waals surface area contributed by atoms with Crippen LogP contribution < -0.4 is 0 Å². The quantitative estimate of drug-likeness (QED) is 0.217. The molecule has 0 bridgehead atoms. The van der Waals surface area contributed by atoms with Gasteiger partial charge in [0.1, 0.15) is 11.8 Å². The van der Waals surface area contributed by atoms with Crippen LogP contribution in [0.2, 0.25) is 0 Å². The number of rotatable bonds is 10. The number of thioether (sulfide) groups is 1. The van der Waals surface area contributed by atoms with Gasteiger partial charge in [0.15, 0.2) is 0 Å². The summed E-state index contributed by atoms with van der Waals surface area (Å²) in [4.78, 5) is 34.8. The van der Waals surface area contributed by atoms with Crippen LogP contribution in [-0.4, -0.2) is 129 Å². The minimum Gasteiger partial charge on any atom is -0.444 e. The van der Waals surface area contributed by atoms with Crippen LogP contribution in [0.3, 0.4) is 0 Å². The fraction of sp³-hybridized carbons (Fsp3) is 0.718. The maximum atomic E-state index is 14.3. The maximum absolute atomic E-state index is 14.3. The molecular weight excluding hydrogens is 725 g/mol. The van der Waals surface area contributed by atoms with Crippen molar-refractivity contribution < 1.29 is 37.0 Å². The molecule has 1 aromatic heterocycles. The number of halogens is 4. The number of aliphatic hydroxyl groups is 1. The van der Waals surface area contributed by atoms with Gasteiger partial charge in [0, 0.05) is 86.2 Å². The van der Waals surface area contributed by atoms with E-state index in [9.17, 15) is 32.3 Å². The molecule has 0 aliphatic carbocycles. The van der Waals surface area contributed by atoms with Gasteiger partial charge in [-0.15, -0.1) is 11.8 Å². The molecular formula is C39H56F4N6O4S. The number of aliphatic hydroxyl groups excluding tert-OH is 1. The standard InChI is InChI=1S/C39H56F4N6O4S/c1-38(2,3)53-37(52)48-16-7-8-28(23-48)36(51)47-19-13-33-31(26-47)35(44-49(33)25-30(50)24-46-14-5-4-6-15-46)27-9-10-32(39(41,42)43)34(22-27)54-21-20-45-17-11-29(40)12-18-45/h9-10,22,28-30,50H,4-8,11-21,23-26H2,1-3H3. The summed E-state index contributed by atoms with van der Waals surface area (Å²) in [5.41, 5.74) is 1.30. The normalized spacial score (nSPS) is 21.6. The number of β-amino-alcohol motifs (C(OH)–C–C–N with tert-alkyl or cyclic N) is 1. The van der Waals surface area contributed by atoms with Crippen molar-refractivity contribution in [3.05, 3.63) is 35.0 Å². The summed E-state index contributed by atoms with van der Waals surface area (Å²) < 4.78 is 64.0. The average Bonchev–Trinajstić information content (AvgIpc) is 3.48. The first-order chi connectivity index (χ1) is 25.6. The Labute approximate surface area is 320 Å². The van der Waals surface area contributed by atoms with Crippen molar-refractivity contribution in [2.24, 2.45) is 5.92 Å². The summed E-state index contributed by atoms with van der Waals surface area (Å²) in [6.45, 7) is 11.2. The van der Waals surface area contributed by atoms with Gasteiger partial charge in [-0.3, -0.25) is 9.48 Å². The minimum absolute atomic E-state index is 0.0711. The van der Waals surface area contributed by atoms with E-state index < -0.39 is 41.6 Å². The fourth-order valence-electron chi connectivity index (χ4n) is 8.12. The Bertz CT molecular complexity index is 1600. The molecule has 2 unspecified atom stereocenters. The van der Waals surface area contributed by atoms with Gasteiger partial charge in [0.05, 0.1) is 29.8 Å². The third-order valence-electron chi connectivity index (χ3n) is 10.9. The zero-order valence-electron chi connectivity index (χ0n) is 31.9. The van der Waals surface area contributed by atoms with E-state index in [4.69, 9.17) is 9.84 Å². The summed E-state index contributed by atoms with van der Waals surface area (Å²) in [5, 5.41) is 16.2. The van der Waals surface area contributed by atoms with Crippen LogP contribution >= 0.6 is 11.8 Å². The second kappa shape index (κ2) is 17.5. The molecule has 5 heterocycles. The van der Waals surface area contributed by atoms with Crippen molar-refractivity contribution >= 4 is 23.8 Å². The monoisotopic (exact) mass is 780 g/mol. The van der Waals surface area contributed by atoms with Gasteiger partial charge in [-0.1, -0.05) is 12.5 Å². The topological polar surface area (TPSA) is 94.4 Å². The largest absolute Gasteiger partial charge is 0.444 e. The van der Waals surface area contributed by atoms with Gasteiger partial charge in [-0.05, 0) is 84.5 Å². The molecule has 0 spiro atoms. The predicted molar refractivity (Wildman–Crippen MR) is 200 cm³/mol. The molecule has 10 nitrogen and oxygen atoms in total. The van der Waals surface area contributed by atoms with Gasteiger partial charge in [0.2, 0.25) is 5.91 Å². The number of ether oxygens (including phenoxy) is 1. The van der Waals surface area contributed by atoms with E-state index in [1.54, 1.807) is 20.5 Å². The first-order valence-corrected chi connectivity index (χ1v) is 20.6. The first-order valence-electron chi connectivity index (χ1n) is 19.6. The Morgan fingerprint density at radius 3 is 2.39 bits per heavy atom. The van der Waals surface area contributed by atoms with Crippen LogP contribution in [0.25, 0.3) is 11.3 Å². The minimum atomic E-state index is -4.55. The molecule has 54 heavy (non-hydrogen) atoms. The number of fused-ring (bicyclic) bond motifs is 1. The molecule has 3 saturated heterocycles. The zero-order chi connectivity index (χ0) is 38.6. The van der Waals surface area contributed by atoms with Gasteiger partial charge in [-0.25, -0.2) is 9.18 Å². The number of alkyl halides is 4. The first kappa shape index (κ1) is 40.8. The lowest BCUT2D eigenvalue weighted by Gasteiger charge is -2.37. The molecule has 0 saturated carbocycles. The van der Waals surface area contributed by atoms with E-state index in [1.165, 1.54) is 12.5 Å². The molecule has 3 fully saturated rings. The second-order valence-corrected chi connectivity index (χ2v) is 17.5. The fourth-order valence-corrected chi connectivity index (χ4v) is 9.24. The van der Waals surface area contributed by atoms with E-state index in [1.807, 2.05) is 20.8 Å². The SMILES string of the molecule is CC(C)(C)OC(=O)N1CCCC(C(=O)N2CCc3c(c(-c4ccc(C(F)(F)F)c(SCCN5CCC(F)CC5)c4)nn3CC(O)CN3CCCCC3)C2)C1. The summed E-state index contributed by atoms with van der Waals surface area (Å²) in [5.74, 6) is -0.0523. The van der Waals surface area contributed by atoms with Crippen LogP contribution in [-0.2, 0) is 35.2 Å². The number of aromatic nitrogens is 2. The molecule has 2 atom stereocenters. The third-order valence-corrected chi connectivity index (χ3v) is 11.9. The predicted octanol–water partition coefficient (Wildman–Crippen LogP) is 6.47. The van der Waals surface area contributed by atoms with Gasteiger partial charge < -0.3 is 29.4 Å². The molecule has 1 aromatic carbocycles. The molecule has 2 amide bonds. The van der Waals surface area contributed by atoms with Crippen LogP contribution in [0.15, 0.2) is 23.1 Å². The van der Waals surface area contributed by atoms with Crippen molar-refractivity contribution in [3.8, 4) is 11.3 Å². The summed E-state index contributed by atoms with van der Waals surface area (Å²) in [7, 11) is 0. The Morgan fingerprint density at radius 1 is 0.944 bits per heavy atom. The molecule has 4 aliphatic heterocycles. The Balaban J connectivity index is 1.25. The summed E-state index contributed by atoms with van der Waals surface area (Å²) in [6.07, 6.45) is -0.455. The van der Waals surface area contributed by atoms with Gasteiger partial charge in [-0.2, -0.15) is 18.3 Å². The Kier molecular flexibility index (Phi) is 13.2. The van der Waals surface area contributed by atoms with Crippen molar-refractivity contribution in [3.63, 3.8) is 0 Å². The van der Waals surface area contributed by atoms with Crippen LogP contribution in [0.4, 0.5) is 22.4 Å². The number of carbonyl (C=O) groups is 2. The molecule has 300 valence electrons. The van der Waals surface area contributed by atoms with E-state index >= 15 is 0 Å². The second-order valence-electron chi connectivity index (χ2n) is 16.3. The molecule has 4 aliphatic rings. The number of amides is 2. The molecule has 2 aromatic rings. The number of benzene rings is 1. The van der Waals surface area contributed by atoms with Crippen molar-refractivity contribution in [1.29, 1.82) is 0 Å². The summed E-state index contributed by atoms with van der Waals surface area (Å²) >= 11 is 1.14. The highest BCUT2D eigenvalue weighted by atomic mass is 32.2. The van der Waals surface area contributed by atoms with Crippen LogP contribution in [0.1, 0.15) is 82.5 Å². The molecule has 0 radical (unpaired) electrons. The van der Waals surface area contributed by atoms with Gasteiger partial charge in [0.25, 0.3) is 0 Å². The lowest BCUT2D eigenvalue weighted by atomic mass is 9.94. The highest BCUT2D eigenvalue weighted by Crippen LogP contribution is 2.40. The molecule has 6 rings (SSSR count). The number of nitrogens with zero attached hydrogens (tertiary/aromatic N) is 6. The van der Waals surface area contributed by atoms with E-state index in [0.717, 1.165) is 55.0 Å². The van der Waals surface area contributed by atoms with E-state index in [2.05, 4.69) is 9.80 Å².